The van der Waals surface area contributed by atoms with Crippen LogP contribution in [0.15, 0.2) is 18.5 Å². The van der Waals surface area contributed by atoms with E-state index in [1.54, 1.807) is 0 Å². The molecule has 17 heavy (non-hydrogen) atoms. The summed E-state index contributed by atoms with van der Waals surface area (Å²) in [4.78, 5) is 7.36. The molecule has 1 fully saturated rings. The van der Waals surface area contributed by atoms with Crippen molar-refractivity contribution in [3.63, 3.8) is 0 Å². The monoisotopic (exact) mass is 247 g/mol. The lowest BCUT2D eigenvalue weighted by Gasteiger charge is -2.20. The van der Waals surface area contributed by atoms with Gasteiger partial charge in [-0.05, 0) is 42.5 Å². The third-order valence-electron chi connectivity index (χ3n) is 4.17. The largest absolute Gasteiger partial charge is 0.329 e. The SMILES string of the molecule is CC(C)C1(Cn2c(=S)[nH]c3cnccc32)CC1. The van der Waals surface area contributed by atoms with Gasteiger partial charge in [0.25, 0.3) is 0 Å². The Labute approximate surface area is 106 Å². The highest BCUT2D eigenvalue weighted by molar-refractivity contribution is 7.71. The van der Waals surface area contributed by atoms with Gasteiger partial charge >= 0.3 is 0 Å². The van der Waals surface area contributed by atoms with E-state index < -0.39 is 0 Å². The van der Waals surface area contributed by atoms with Gasteiger partial charge in [-0.25, -0.2) is 0 Å². The molecule has 1 N–H and O–H groups in total. The van der Waals surface area contributed by atoms with Crippen LogP contribution < -0.4 is 0 Å². The normalized spacial score (nSPS) is 17.8. The summed E-state index contributed by atoms with van der Waals surface area (Å²) in [5.74, 6) is 0.719. The molecule has 0 unspecified atom stereocenters. The van der Waals surface area contributed by atoms with Gasteiger partial charge < -0.3 is 9.55 Å². The van der Waals surface area contributed by atoms with Gasteiger partial charge in [0.2, 0.25) is 0 Å². The molecule has 2 heterocycles. The smallest absolute Gasteiger partial charge is 0.178 e. The fraction of sp³-hybridized carbons (Fsp3) is 0.538. The standard InChI is InChI=1S/C13H17N3S/c1-9(2)13(4-5-13)8-16-11-3-6-14-7-10(11)15-12(16)17/h3,6-7,9H,4-5,8H2,1-2H3,(H,15,17). The summed E-state index contributed by atoms with van der Waals surface area (Å²) in [6.07, 6.45) is 6.32. The van der Waals surface area contributed by atoms with E-state index in [9.17, 15) is 0 Å². The van der Waals surface area contributed by atoms with Crippen molar-refractivity contribution >= 4 is 23.3 Å². The Kier molecular flexibility index (Phi) is 2.36. The first-order valence-electron chi connectivity index (χ1n) is 6.15. The lowest BCUT2D eigenvalue weighted by atomic mass is 9.92. The molecule has 0 spiro atoms. The number of nitrogens with zero attached hydrogens (tertiary/aromatic N) is 2. The second kappa shape index (κ2) is 3.67. The van der Waals surface area contributed by atoms with Crippen molar-refractivity contribution in [2.24, 2.45) is 11.3 Å². The van der Waals surface area contributed by atoms with Crippen LogP contribution in [-0.4, -0.2) is 14.5 Å². The van der Waals surface area contributed by atoms with Crippen LogP contribution in [-0.2, 0) is 6.54 Å². The van der Waals surface area contributed by atoms with Crippen molar-refractivity contribution in [1.82, 2.24) is 14.5 Å². The Balaban J connectivity index is 2.06. The number of H-pyrrole nitrogens is 1. The fourth-order valence-corrected chi connectivity index (χ4v) is 2.83. The predicted molar refractivity (Wildman–Crippen MR) is 71.4 cm³/mol. The van der Waals surface area contributed by atoms with Crippen LogP contribution >= 0.6 is 12.2 Å². The maximum absolute atomic E-state index is 5.41. The maximum atomic E-state index is 5.41. The third kappa shape index (κ3) is 1.71. The van der Waals surface area contributed by atoms with Gasteiger partial charge in [0.05, 0.1) is 17.2 Å². The summed E-state index contributed by atoms with van der Waals surface area (Å²) in [6, 6.07) is 2.04. The van der Waals surface area contributed by atoms with E-state index in [4.69, 9.17) is 12.2 Å². The molecule has 0 saturated heterocycles. The van der Waals surface area contributed by atoms with Crippen molar-refractivity contribution in [2.75, 3.05) is 0 Å². The van der Waals surface area contributed by atoms with E-state index in [-0.39, 0.29) is 0 Å². The van der Waals surface area contributed by atoms with Crippen LogP contribution in [0.25, 0.3) is 11.0 Å². The second-order valence-corrected chi connectivity index (χ2v) is 5.81. The summed E-state index contributed by atoms with van der Waals surface area (Å²) >= 11 is 5.41. The highest BCUT2D eigenvalue weighted by Crippen LogP contribution is 2.53. The van der Waals surface area contributed by atoms with Crippen molar-refractivity contribution in [2.45, 2.75) is 33.2 Å². The predicted octanol–water partition coefficient (Wildman–Crippen LogP) is 3.53. The Morgan fingerprint density at radius 1 is 1.53 bits per heavy atom. The molecule has 1 saturated carbocycles. The molecule has 0 bridgehead atoms. The van der Waals surface area contributed by atoms with Crippen LogP contribution in [0.4, 0.5) is 0 Å². The lowest BCUT2D eigenvalue weighted by Crippen LogP contribution is -2.17. The fourth-order valence-electron chi connectivity index (χ4n) is 2.56. The van der Waals surface area contributed by atoms with E-state index >= 15 is 0 Å². The average molecular weight is 247 g/mol. The quantitative estimate of drug-likeness (QED) is 0.842. The van der Waals surface area contributed by atoms with Crippen molar-refractivity contribution < 1.29 is 0 Å². The number of nitrogens with one attached hydrogen (secondary N) is 1. The summed E-state index contributed by atoms with van der Waals surface area (Å²) < 4.78 is 3.05. The molecule has 0 radical (unpaired) electrons. The number of hydrogen-bond donors (Lipinski definition) is 1. The summed E-state index contributed by atoms with van der Waals surface area (Å²) in [5.41, 5.74) is 2.69. The van der Waals surface area contributed by atoms with Crippen LogP contribution in [0.5, 0.6) is 0 Å². The molecule has 90 valence electrons. The second-order valence-electron chi connectivity index (χ2n) is 5.43. The molecule has 4 heteroatoms. The minimum atomic E-state index is 0.469. The topological polar surface area (TPSA) is 33.6 Å². The number of aromatic amines is 1. The maximum Gasteiger partial charge on any atom is 0.178 e. The zero-order valence-corrected chi connectivity index (χ0v) is 11.0. The number of fused-ring (bicyclic) bond motifs is 1. The van der Waals surface area contributed by atoms with Gasteiger partial charge in [-0.2, -0.15) is 0 Å². The molecule has 0 aromatic carbocycles. The van der Waals surface area contributed by atoms with E-state index in [1.807, 2.05) is 18.5 Å². The molecule has 1 aliphatic rings. The summed E-state index contributed by atoms with van der Waals surface area (Å²) in [5, 5.41) is 0. The van der Waals surface area contributed by atoms with Gasteiger partial charge in [-0.3, -0.25) is 4.98 Å². The van der Waals surface area contributed by atoms with Gasteiger partial charge in [-0.15, -0.1) is 0 Å². The molecule has 2 aromatic heterocycles. The minimum absolute atomic E-state index is 0.469. The molecule has 0 aliphatic heterocycles. The molecule has 0 atom stereocenters. The lowest BCUT2D eigenvalue weighted by molar-refractivity contribution is 0.311. The molecule has 0 amide bonds. The Morgan fingerprint density at radius 2 is 2.29 bits per heavy atom. The van der Waals surface area contributed by atoms with Crippen molar-refractivity contribution in [1.29, 1.82) is 0 Å². The molecular formula is C13H17N3S. The Hall–Kier alpha value is -1.16. The highest BCUT2D eigenvalue weighted by Gasteiger charge is 2.45. The Morgan fingerprint density at radius 3 is 2.94 bits per heavy atom. The van der Waals surface area contributed by atoms with E-state index in [0.717, 1.165) is 22.8 Å². The van der Waals surface area contributed by atoms with E-state index in [2.05, 4.69) is 28.4 Å². The zero-order chi connectivity index (χ0) is 12.0. The van der Waals surface area contributed by atoms with Crippen molar-refractivity contribution in [3.8, 4) is 0 Å². The van der Waals surface area contributed by atoms with Crippen LogP contribution in [0.3, 0.4) is 0 Å². The van der Waals surface area contributed by atoms with E-state index in [1.165, 1.54) is 18.4 Å². The number of pyridine rings is 1. The number of imidazole rings is 1. The molecule has 2 aromatic rings. The average Bonchev–Trinajstić information content (AvgIpc) is 3.01. The summed E-state index contributed by atoms with van der Waals surface area (Å²) in [7, 11) is 0. The number of rotatable bonds is 3. The van der Waals surface area contributed by atoms with Crippen LogP contribution in [0, 0.1) is 16.1 Å². The van der Waals surface area contributed by atoms with E-state index in [0.29, 0.717) is 5.41 Å². The molecule has 1 aliphatic carbocycles. The molecule has 3 nitrogen and oxygen atoms in total. The number of aromatic nitrogens is 3. The Bertz CT molecular complexity index is 604. The first kappa shape index (κ1) is 11.0. The minimum Gasteiger partial charge on any atom is -0.329 e. The van der Waals surface area contributed by atoms with Gasteiger partial charge in [0.1, 0.15) is 0 Å². The first-order valence-corrected chi connectivity index (χ1v) is 6.56. The zero-order valence-electron chi connectivity index (χ0n) is 10.2. The van der Waals surface area contributed by atoms with Gasteiger partial charge in [0.15, 0.2) is 4.77 Å². The highest BCUT2D eigenvalue weighted by atomic mass is 32.1. The van der Waals surface area contributed by atoms with Crippen LogP contribution in [0.2, 0.25) is 0 Å². The van der Waals surface area contributed by atoms with Gasteiger partial charge in [-0.1, -0.05) is 13.8 Å². The summed E-state index contributed by atoms with van der Waals surface area (Å²) in [6.45, 7) is 5.66. The van der Waals surface area contributed by atoms with Crippen LogP contribution in [0.1, 0.15) is 26.7 Å². The molecular weight excluding hydrogens is 230 g/mol. The third-order valence-corrected chi connectivity index (χ3v) is 4.49. The van der Waals surface area contributed by atoms with Gasteiger partial charge in [0, 0.05) is 12.7 Å². The van der Waals surface area contributed by atoms with Crippen molar-refractivity contribution in [3.05, 3.63) is 23.2 Å². The first-order chi connectivity index (χ1) is 8.12. The molecule has 3 rings (SSSR count). The number of hydrogen-bond acceptors (Lipinski definition) is 2.